The zero-order valence-corrected chi connectivity index (χ0v) is 17.0. The molecule has 3 heterocycles. The Labute approximate surface area is 182 Å². The average molecular weight is 440 g/mol. The molecule has 0 radical (unpaired) electrons. The lowest BCUT2D eigenvalue weighted by Gasteiger charge is -2.10. The molecule has 0 saturated heterocycles. The molecule has 158 valence electrons. The Kier molecular flexibility index (Phi) is 6.13. The topological polar surface area (TPSA) is 104 Å². The van der Waals surface area contributed by atoms with Crippen LogP contribution in [-0.2, 0) is 22.6 Å². The zero-order valence-electron chi connectivity index (χ0n) is 16.3. The summed E-state index contributed by atoms with van der Waals surface area (Å²) in [4.78, 5) is 24.4. The van der Waals surface area contributed by atoms with E-state index in [2.05, 4.69) is 15.5 Å². The summed E-state index contributed by atoms with van der Waals surface area (Å²) in [5.74, 6) is -0.216. The Morgan fingerprint density at radius 1 is 1.03 bits per heavy atom. The molecule has 0 atom stereocenters. The number of carbonyl (C=O) groups is 2. The third-order valence-electron chi connectivity index (χ3n) is 4.34. The predicted molar refractivity (Wildman–Crippen MR) is 112 cm³/mol. The van der Waals surface area contributed by atoms with Gasteiger partial charge in [-0.3, -0.25) is 9.48 Å². The van der Waals surface area contributed by atoms with Gasteiger partial charge in [0.25, 0.3) is 5.91 Å². The van der Waals surface area contributed by atoms with E-state index in [1.165, 1.54) is 6.07 Å². The average Bonchev–Trinajstić information content (AvgIpc) is 3.52. The fourth-order valence-corrected chi connectivity index (χ4v) is 3.06. The molecular formula is C21H18ClN5O4. The van der Waals surface area contributed by atoms with E-state index in [4.69, 9.17) is 20.8 Å². The lowest BCUT2D eigenvalue weighted by molar-refractivity contribution is -0.119. The van der Waals surface area contributed by atoms with E-state index >= 15 is 0 Å². The molecule has 31 heavy (non-hydrogen) atoms. The second-order valence-corrected chi connectivity index (χ2v) is 6.97. The number of ether oxygens (including phenoxy) is 1. The number of benzene rings is 1. The predicted octanol–water partition coefficient (Wildman–Crippen LogP) is 3.22. The Morgan fingerprint density at radius 2 is 1.90 bits per heavy atom. The van der Waals surface area contributed by atoms with Crippen molar-refractivity contribution in [3.05, 3.63) is 89.2 Å². The van der Waals surface area contributed by atoms with Gasteiger partial charge in [-0.1, -0.05) is 29.8 Å². The summed E-state index contributed by atoms with van der Waals surface area (Å²) in [6, 6.07) is 14.0. The van der Waals surface area contributed by atoms with Crippen LogP contribution in [0.1, 0.15) is 21.9 Å². The molecule has 0 aliphatic heterocycles. The van der Waals surface area contributed by atoms with Crippen molar-refractivity contribution in [3.63, 3.8) is 0 Å². The van der Waals surface area contributed by atoms with Crippen LogP contribution < -0.4 is 5.32 Å². The number of carbonyl (C=O) groups excluding carboxylic acids is 2. The van der Waals surface area contributed by atoms with E-state index in [-0.39, 0.29) is 5.76 Å². The first kappa shape index (κ1) is 20.4. The molecule has 10 heteroatoms. The van der Waals surface area contributed by atoms with Gasteiger partial charge in [-0.05, 0) is 29.8 Å². The third kappa shape index (κ3) is 5.20. The molecule has 0 fully saturated rings. The number of hydrogen-bond acceptors (Lipinski definition) is 6. The van der Waals surface area contributed by atoms with Crippen LogP contribution in [0.4, 0.5) is 5.82 Å². The number of furan rings is 1. The van der Waals surface area contributed by atoms with Gasteiger partial charge >= 0.3 is 5.97 Å². The largest absolute Gasteiger partial charge is 0.452 e. The van der Waals surface area contributed by atoms with E-state index in [1.807, 2.05) is 18.2 Å². The molecule has 0 bridgehead atoms. The fraction of sp³-hybridized carbons (Fsp3) is 0.143. The number of nitrogens with one attached hydrogen (secondary N) is 1. The number of hydrogen-bond donors (Lipinski definition) is 1. The molecule has 1 N–H and O–H groups in total. The van der Waals surface area contributed by atoms with Crippen molar-refractivity contribution in [2.24, 2.45) is 0 Å². The maximum atomic E-state index is 12.2. The summed E-state index contributed by atoms with van der Waals surface area (Å²) in [6.07, 6.45) is 4.99. The smallest absolute Gasteiger partial charge is 0.374 e. The van der Waals surface area contributed by atoms with Gasteiger partial charge in [0.1, 0.15) is 11.6 Å². The van der Waals surface area contributed by atoms with Gasteiger partial charge in [0.15, 0.2) is 6.61 Å². The number of aromatic nitrogens is 4. The second-order valence-electron chi connectivity index (χ2n) is 6.56. The first-order chi connectivity index (χ1) is 15.1. The summed E-state index contributed by atoms with van der Waals surface area (Å²) in [7, 11) is 0. The summed E-state index contributed by atoms with van der Waals surface area (Å²) >= 11 is 6.18. The quantitative estimate of drug-likeness (QED) is 0.423. The van der Waals surface area contributed by atoms with Crippen molar-refractivity contribution in [2.75, 3.05) is 11.9 Å². The van der Waals surface area contributed by atoms with E-state index in [1.54, 1.807) is 52.2 Å². The van der Waals surface area contributed by atoms with Gasteiger partial charge in [0.05, 0.1) is 19.3 Å². The van der Waals surface area contributed by atoms with Crippen LogP contribution in [0, 0.1) is 0 Å². The molecule has 0 unspecified atom stereocenters. The van der Waals surface area contributed by atoms with Crippen LogP contribution in [0.2, 0.25) is 5.02 Å². The Bertz CT molecular complexity index is 1180. The fourth-order valence-electron chi connectivity index (χ4n) is 2.86. The third-order valence-corrected chi connectivity index (χ3v) is 4.70. The maximum absolute atomic E-state index is 12.2. The lowest BCUT2D eigenvalue weighted by Crippen LogP contribution is -2.22. The van der Waals surface area contributed by atoms with Gasteiger partial charge in [0.2, 0.25) is 5.76 Å². The van der Waals surface area contributed by atoms with Crippen LogP contribution in [-0.4, -0.2) is 38.0 Å². The summed E-state index contributed by atoms with van der Waals surface area (Å²) in [6.45, 7) is 0.301. The maximum Gasteiger partial charge on any atom is 0.374 e. The van der Waals surface area contributed by atoms with Crippen molar-refractivity contribution in [2.45, 2.75) is 13.1 Å². The monoisotopic (exact) mass is 439 g/mol. The first-order valence-corrected chi connectivity index (χ1v) is 9.74. The first-order valence-electron chi connectivity index (χ1n) is 9.37. The Balaban J connectivity index is 1.30. The minimum Gasteiger partial charge on any atom is -0.452 e. The Morgan fingerprint density at radius 3 is 2.71 bits per heavy atom. The molecule has 3 aromatic heterocycles. The second kappa shape index (κ2) is 9.31. The summed E-state index contributed by atoms with van der Waals surface area (Å²) in [5, 5.41) is 11.5. The number of halogens is 1. The van der Waals surface area contributed by atoms with Gasteiger partial charge < -0.3 is 14.5 Å². The van der Waals surface area contributed by atoms with Gasteiger partial charge in [-0.2, -0.15) is 10.2 Å². The van der Waals surface area contributed by atoms with E-state index in [0.29, 0.717) is 29.7 Å². The highest BCUT2D eigenvalue weighted by molar-refractivity contribution is 6.31. The standard InChI is InChI=1S/C21H18ClN5O4/c22-17-5-2-1-4-15(17)12-27-19(8-10-24-27)25-20(28)14-30-21(29)18-7-6-16(31-18)13-26-11-3-9-23-26/h1-11H,12-14H2,(H,25,28). The highest BCUT2D eigenvalue weighted by Gasteiger charge is 2.16. The van der Waals surface area contributed by atoms with Crippen molar-refractivity contribution in [3.8, 4) is 0 Å². The molecule has 0 aliphatic carbocycles. The van der Waals surface area contributed by atoms with Gasteiger partial charge in [-0.15, -0.1) is 0 Å². The van der Waals surface area contributed by atoms with Crippen molar-refractivity contribution < 1.29 is 18.7 Å². The summed E-state index contributed by atoms with van der Waals surface area (Å²) in [5.41, 5.74) is 0.860. The van der Waals surface area contributed by atoms with Crippen molar-refractivity contribution in [1.82, 2.24) is 19.6 Å². The van der Waals surface area contributed by atoms with Crippen LogP contribution in [0.25, 0.3) is 0 Å². The van der Waals surface area contributed by atoms with E-state index in [0.717, 1.165) is 5.56 Å². The summed E-state index contributed by atoms with van der Waals surface area (Å²) < 4.78 is 13.8. The van der Waals surface area contributed by atoms with Gasteiger partial charge in [0, 0.05) is 23.5 Å². The minimum absolute atomic E-state index is 0.0127. The molecule has 1 amide bonds. The molecular weight excluding hydrogens is 422 g/mol. The molecule has 0 aliphatic rings. The van der Waals surface area contributed by atoms with E-state index < -0.39 is 18.5 Å². The molecule has 4 aromatic rings. The number of rotatable bonds is 8. The highest BCUT2D eigenvalue weighted by atomic mass is 35.5. The number of esters is 1. The molecule has 1 aromatic carbocycles. The molecule has 0 spiro atoms. The lowest BCUT2D eigenvalue weighted by atomic mass is 10.2. The SMILES string of the molecule is O=C(COC(=O)c1ccc(Cn2cccn2)o1)Nc1ccnn1Cc1ccccc1Cl. The van der Waals surface area contributed by atoms with Crippen LogP contribution in [0.5, 0.6) is 0 Å². The number of nitrogens with zero attached hydrogens (tertiary/aromatic N) is 4. The molecule has 4 rings (SSSR count). The molecule has 9 nitrogen and oxygen atoms in total. The number of amides is 1. The van der Waals surface area contributed by atoms with Crippen molar-refractivity contribution >= 4 is 29.3 Å². The van der Waals surface area contributed by atoms with Crippen molar-refractivity contribution in [1.29, 1.82) is 0 Å². The minimum atomic E-state index is -0.730. The molecule has 0 saturated carbocycles. The number of anilines is 1. The normalized spacial score (nSPS) is 10.7. The highest BCUT2D eigenvalue weighted by Crippen LogP contribution is 2.18. The Hall–Kier alpha value is -3.85. The van der Waals surface area contributed by atoms with E-state index in [9.17, 15) is 9.59 Å². The van der Waals surface area contributed by atoms with Crippen LogP contribution >= 0.6 is 11.6 Å². The zero-order chi connectivity index (χ0) is 21.6. The van der Waals surface area contributed by atoms with Crippen LogP contribution in [0.15, 0.2) is 71.5 Å². The van der Waals surface area contributed by atoms with Crippen LogP contribution in [0.3, 0.4) is 0 Å². The van der Waals surface area contributed by atoms with Gasteiger partial charge in [-0.25, -0.2) is 9.48 Å².